The molecule has 0 aliphatic carbocycles. The zero-order chi connectivity index (χ0) is 14.8. The first-order chi connectivity index (χ1) is 10.2. The van der Waals surface area contributed by atoms with Crippen LogP contribution >= 0.6 is 0 Å². The van der Waals surface area contributed by atoms with Gasteiger partial charge in [-0.2, -0.15) is 5.26 Å². The fourth-order valence-corrected chi connectivity index (χ4v) is 2.53. The van der Waals surface area contributed by atoms with Crippen LogP contribution in [0.4, 0.5) is 0 Å². The van der Waals surface area contributed by atoms with Gasteiger partial charge in [0.2, 0.25) is 0 Å². The van der Waals surface area contributed by atoms with Crippen LogP contribution in [0, 0.1) is 18.3 Å². The number of hydrogen-bond donors (Lipinski definition) is 0. The van der Waals surface area contributed by atoms with Gasteiger partial charge in [0.05, 0.1) is 30.4 Å². The molecule has 1 aliphatic rings. The lowest BCUT2D eigenvalue weighted by Crippen LogP contribution is -2.40. The number of aryl methyl sites for hydroxylation is 1. The van der Waals surface area contributed by atoms with E-state index < -0.39 is 0 Å². The molecule has 21 heavy (non-hydrogen) atoms. The van der Waals surface area contributed by atoms with Crippen LogP contribution in [0.25, 0.3) is 10.9 Å². The topological polar surface area (TPSA) is 66.2 Å². The van der Waals surface area contributed by atoms with Gasteiger partial charge >= 0.3 is 0 Å². The molecule has 0 bridgehead atoms. The van der Waals surface area contributed by atoms with E-state index >= 15 is 0 Å². The number of pyridine rings is 1. The molecular formula is C16H15N3O2. The second-order valence-electron chi connectivity index (χ2n) is 5.06. The number of nitrogens with zero attached hydrogens (tertiary/aromatic N) is 3. The van der Waals surface area contributed by atoms with E-state index in [2.05, 4.69) is 11.1 Å². The number of carbonyl (C=O) groups excluding carboxylic acids is 1. The van der Waals surface area contributed by atoms with E-state index in [1.807, 2.05) is 6.92 Å². The Morgan fingerprint density at radius 1 is 1.33 bits per heavy atom. The number of rotatable bonds is 1. The summed E-state index contributed by atoms with van der Waals surface area (Å²) in [7, 11) is 0. The zero-order valence-corrected chi connectivity index (χ0v) is 11.8. The predicted octanol–water partition coefficient (Wildman–Crippen LogP) is 1.89. The number of morpholine rings is 1. The van der Waals surface area contributed by atoms with Gasteiger partial charge in [-0.05, 0) is 31.2 Å². The summed E-state index contributed by atoms with van der Waals surface area (Å²) in [5.41, 5.74) is 2.68. The predicted molar refractivity (Wildman–Crippen MR) is 77.9 cm³/mol. The SMILES string of the molecule is Cc1cc(C#N)c2cc(C(=O)N3CCOCC3)ccc2n1. The smallest absolute Gasteiger partial charge is 0.254 e. The molecule has 0 spiro atoms. The highest BCUT2D eigenvalue weighted by atomic mass is 16.5. The van der Waals surface area contributed by atoms with Gasteiger partial charge in [0.1, 0.15) is 0 Å². The molecule has 5 nitrogen and oxygen atoms in total. The number of fused-ring (bicyclic) bond motifs is 1. The Balaban J connectivity index is 2.02. The third kappa shape index (κ3) is 2.58. The van der Waals surface area contributed by atoms with Gasteiger partial charge < -0.3 is 9.64 Å². The Morgan fingerprint density at radius 3 is 2.81 bits per heavy atom. The van der Waals surface area contributed by atoms with Crippen molar-refractivity contribution in [3.63, 3.8) is 0 Å². The van der Waals surface area contributed by atoms with Crippen molar-refractivity contribution >= 4 is 16.8 Å². The van der Waals surface area contributed by atoms with E-state index in [1.165, 1.54) is 0 Å². The zero-order valence-electron chi connectivity index (χ0n) is 11.8. The van der Waals surface area contributed by atoms with E-state index in [1.54, 1.807) is 29.2 Å². The average molecular weight is 281 g/mol. The number of ether oxygens (including phenoxy) is 1. The highest BCUT2D eigenvalue weighted by molar-refractivity contribution is 5.99. The van der Waals surface area contributed by atoms with Crippen LogP contribution in [0.3, 0.4) is 0 Å². The summed E-state index contributed by atoms with van der Waals surface area (Å²) in [6.07, 6.45) is 0. The lowest BCUT2D eigenvalue weighted by Gasteiger charge is -2.27. The molecule has 5 heteroatoms. The maximum atomic E-state index is 12.5. The van der Waals surface area contributed by atoms with Crippen molar-refractivity contribution in [3.8, 4) is 6.07 Å². The molecule has 2 aromatic rings. The van der Waals surface area contributed by atoms with Crippen molar-refractivity contribution in [3.05, 3.63) is 41.1 Å². The van der Waals surface area contributed by atoms with E-state index in [4.69, 9.17) is 4.74 Å². The lowest BCUT2D eigenvalue weighted by molar-refractivity contribution is 0.0303. The van der Waals surface area contributed by atoms with Crippen molar-refractivity contribution in [2.45, 2.75) is 6.92 Å². The lowest BCUT2D eigenvalue weighted by atomic mass is 10.0. The molecule has 2 heterocycles. The third-order valence-electron chi connectivity index (χ3n) is 3.60. The fraction of sp³-hybridized carbons (Fsp3) is 0.312. The first-order valence-corrected chi connectivity index (χ1v) is 6.87. The Labute approximate surface area is 122 Å². The molecule has 0 saturated carbocycles. The van der Waals surface area contributed by atoms with Gasteiger partial charge in [-0.3, -0.25) is 9.78 Å². The molecular weight excluding hydrogens is 266 g/mol. The third-order valence-corrected chi connectivity index (χ3v) is 3.60. The first kappa shape index (κ1) is 13.5. The molecule has 1 amide bonds. The van der Waals surface area contributed by atoms with Crippen molar-refractivity contribution in [1.82, 2.24) is 9.88 Å². The highest BCUT2D eigenvalue weighted by Crippen LogP contribution is 2.20. The summed E-state index contributed by atoms with van der Waals surface area (Å²) in [4.78, 5) is 18.7. The van der Waals surface area contributed by atoms with Crippen LogP contribution in [-0.2, 0) is 4.74 Å². The molecule has 3 rings (SSSR count). The Kier molecular flexibility index (Phi) is 3.55. The molecule has 1 fully saturated rings. The van der Waals surface area contributed by atoms with Crippen LogP contribution in [0.5, 0.6) is 0 Å². The van der Waals surface area contributed by atoms with E-state index in [9.17, 15) is 10.1 Å². The average Bonchev–Trinajstić information content (AvgIpc) is 2.53. The van der Waals surface area contributed by atoms with Crippen LogP contribution < -0.4 is 0 Å². The Bertz CT molecular complexity index is 743. The molecule has 1 saturated heterocycles. The summed E-state index contributed by atoms with van der Waals surface area (Å²) in [6, 6.07) is 9.25. The molecule has 0 radical (unpaired) electrons. The number of nitriles is 1. The molecule has 1 aliphatic heterocycles. The van der Waals surface area contributed by atoms with Gasteiger partial charge in [-0.25, -0.2) is 0 Å². The van der Waals surface area contributed by atoms with Crippen LogP contribution in [-0.4, -0.2) is 42.1 Å². The van der Waals surface area contributed by atoms with Gasteiger partial charge in [-0.15, -0.1) is 0 Å². The van der Waals surface area contributed by atoms with Gasteiger partial charge in [0.15, 0.2) is 0 Å². The minimum absolute atomic E-state index is 0.0235. The summed E-state index contributed by atoms with van der Waals surface area (Å²) < 4.78 is 5.26. The minimum atomic E-state index is -0.0235. The summed E-state index contributed by atoms with van der Waals surface area (Å²) >= 11 is 0. The van der Waals surface area contributed by atoms with Gasteiger partial charge in [-0.1, -0.05) is 0 Å². The van der Waals surface area contributed by atoms with Gasteiger partial charge in [0.25, 0.3) is 5.91 Å². The number of amides is 1. The molecule has 0 N–H and O–H groups in total. The number of hydrogen-bond acceptors (Lipinski definition) is 4. The summed E-state index contributed by atoms with van der Waals surface area (Å²) in [5, 5.41) is 9.97. The van der Waals surface area contributed by atoms with Crippen molar-refractivity contribution < 1.29 is 9.53 Å². The van der Waals surface area contributed by atoms with E-state index in [0.29, 0.717) is 37.4 Å². The van der Waals surface area contributed by atoms with Crippen LogP contribution in [0.1, 0.15) is 21.6 Å². The van der Waals surface area contributed by atoms with Crippen molar-refractivity contribution in [2.24, 2.45) is 0 Å². The minimum Gasteiger partial charge on any atom is -0.378 e. The number of benzene rings is 1. The van der Waals surface area contributed by atoms with Gasteiger partial charge in [0, 0.05) is 29.7 Å². The Hall–Kier alpha value is -2.45. The second-order valence-corrected chi connectivity index (χ2v) is 5.06. The number of aromatic nitrogens is 1. The van der Waals surface area contributed by atoms with E-state index in [-0.39, 0.29) is 5.91 Å². The largest absolute Gasteiger partial charge is 0.378 e. The maximum Gasteiger partial charge on any atom is 0.254 e. The van der Waals surface area contributed by atoms with Crippen LogP contribution in [0.2, 0.25) is 0 Å². The molecule has 1 aromatic carbocycles. The summed E-state index contributed by atoms with van der Waals surface area (Å²) in [5.74, 6) is -0.0235. The molecule has 0 unspecified atom stereocenters. The summed E-state index contributed by atoms with van der Waals surface area (Å²) in [6.45, 7) is 4.21. The Morgan fingerprint density at radius 2 is 2.10 bits per heavy atom. The first-order valence-electron chi connectivity index (χ1n) is 6.87. The number of carbonyl (C=O) groups is 1. The maximum absolute atomic E-state index is 12.5. The molecule has 0 atom stereocenters. The highest BCUT2D eigenvalue weighted by Gasteiger charge is 2.19. The normalized spacial score (nSPS) is 15.0. The monoisotopic (exact) mass is 281 g/mol. The quantitative estimate of drug-likeness (QED) is 0.800. The van der Waals surface area contributed by atoms with Crippen LogP contribution in [0.15, 0.2) is 24.3 Å². The van der Waals surface area contributed by atoms with E-state index in [0.717, 1.165) is 16.6 Å². The fourth-order valence-electron chi connectivity index (χ4n) is 2.53. The molecule has 1 aromatic heterocycles. The standard InChI is InChI=1S/C16H15N3O2/c1-11-8-13(10-17)14-9-12(2-3-15(14)18-11)16(20)19-4-6-21-7-5-19/h2-3,8-9H,4-7H2,1H3. The molecule has 106 valence electrons. The van der Waals surface area contributed by atoms with Crippen molar-refractivity contribution in [2.75, 3.05) is 26.3 Å². The van der Waals surface area contributed by atoms with Crippen molar-refractivity contribution in [1.29, 1.82) is 5.26 Å². The second kappa shape index (κ2) is 5.51.